The molecule has 0 unspecified atom stereocenters. The standard InChI is InChI=1S/C16H18N4O3S/c1-11(2)13-9-17-20-14(13)18-15(24(3,21)22)19-16(20)23-10-12-7-5-4-6-8-12/h4-9,11H,10H2,1-3H3. The maximum atomic E-state index is 11.9. The van der Waals surface area contributed by atoms with Crippen LogP contribution in [-0.4, -0.2) is 34.3 Å². The van der Waals surface area contributed by atoms with Crippen molar-refractivity contribution in [1.29, 1.82) is 0 Å². The molecule has 0 aliphatic carbocycles. The minimum absolute atomic E-state index is 0.108. The van der Waals surface area contributed by atoms with E-state index in [9.17, 15) is 8.42 Å². The van der Waals surface area contributed by atoms with Crippen molar-refractivity contribution in [2.45, 2.75) is 31.5 Å². The van der Waals surface area contributed by atoms with Gasteiger partial charge in [0.2, 0.25) is 9.84 Å². The van der Waals surface area contributed by atoms with Crippen LogP contribution in [0, 0.1) is 0 Å². The van der Waals surface area contributed by atoms with Gasteiger partial charge < -0.3 is 4.74 Å². The van der Waals surface area contributed by atoms with Gasteiger partial charge in [-0.25, -0.2) is 8.42 Å². The number of benzene rings is 1. The topological polar surface area (TPSA) is 86.5 Å². The SMILES string of the molecule is CC(C)c1cnn2c(OCc3ccccc3)nc(S(C)(=O)=O)nc12. The molecule has 0 amide bonds. The summed E-state index contributed by atoms with van der Waals surface area (Å²) in [6.45, 7) is 4.24. The van der Waals surface area contributed by atoms with Crippen molar-refractivity contribution in [3.63, 3.8) is 0 Å². The number of nitrogens with zero attached hydrogens (tertiary/aromatic N) is 4. The lowest BCUT2D eigenvalue weighted by molar-refractivity contribution is 0.268. The predicted octanol–water partition coefficient (Wildman–Crippen LogP) is 2.23. The Morgan fingerprint density at radius 2 is 1.88 bits per heavy atom. The second kappa shape index (κ2) is 6.20. The molecule has 3 rings (SSSR count). The van der Waals surface area contributed by atoms with Gasteiger partial charge in [-0.15, -0.1) is 0 Å². The fourth-order valence-electron chi connectivity index (χ4n) is 2.24. The summed E-state index contributed by atoms with van der Waals surface area (Å²) in [7, 11) is -3.56. The fourth-order valence-corrected chi connectivity index (χ4v) is 2.74. The maximum absolute atomic E-state index is 11.9. The molecule has 0 aliphatic heterocycles. The van der Waals surface area contributed by atoms with Crippen LogP contribution in [-0.2, 0) is 16.4 Å². The number of ether oxygens (including phenoxy) is 1. The third-order valence-corrected chi connectivity index (χ3v) is 4.36. The summed E-state index contributed by atoms with van der Waals surface area (Å²) < 4.78 is 30.9. The summed E-state index contributed by atoms with van der Waals surface area (Å²) >= 11 is 0. The van der Waals surface area contributed by atoms with Gasteiger partial charge in [0.25, 0.3) is 5.16 Å². The first kappa shape index (κ1) is 16.4. The number of rotatable bonds is 5. The zero-order valence-corrected chi connectivity index (χ0v) is 14.5. The van der Waals surface area contributed by atoms with E-state index < -0.39 is 9.84 Å². The molecule has 24 heavy (non-hydrogen) atoms. The van der Waals surface area contributed by atoms with Crippen LogP contribution >= 0.6 is 0 Å². The average Bonchev–Trinajstić information content (AvgIpc) is 2.97. The van der Waals surface area contributed by atoms with Crippen LogP contribution in [0.3, 0.4) is 0 Å². The highest BCUT2D eigenvalue weighted by atomic mass is 32.2. The van der Waals surface area contributed by atoms with E-state index in [0.29, 0.717) is 5.65 Å². The Morgan fingerprint density at radius 1 is 1.17 bits per heavy atom. The Labute approximate surface area is 140 Å². The normalized spacial score (nSPS) is 12.0. The monoisotopic (exact) mass is 346 g/mol. The molecule has 0 aliphatic rings. The number of sulfone groups is 1. The van der Waals surface area contributed by atoms with E-state index in [1.54, 1.807) is 6.20 Å². The molecule has 0 saturated carbocycles. The van der Waals surface area contributed by atoms with Crippen LogP contribution in [0.1, 0.15) is 30.9 Å². The Balaban J connectivity index is 2.08. The summed E-state index contributed by atoms with van der Waals surface area (Å²) in [6.07, 6.45) is 2.74. The number of aromatic nitrogens is 4. The predicted molar refractivity (Wildman–Crippen MR) is 88.8 cm³/mol. The molecule has 1 aromatic carbocycles. The minimum atomic E-state index is -3.56. The molecular weight excluding hydrogens is 328 g/mol. The molecule has 8 heteroatoms. The highest BCUT2D eigenvalue weighted by molar-refractivity contribution is 7.90. The average molecular weight is 346 g/mol. The van der Waals surface area contributed by atoms with Gasteiger partial charge in [-0.05, 0) is 11.5 Å². The van der Waals surface area contributed by atoms with Gasteiger partial charge in [0.05, 0.1) is 6.20 Å². The molecule has 0 N–H and O–H groups in total. The van der Waals surface area contributed by atoms with Crippen LogP contribution in [0.4, 0.5) is 0 Å². The van der Waals surface area contributed by atoms with Gasteiger partial charge in [0.15, 0.2) is 5.65 Å². The lowest BCUT2D eigenvalue weighted by atomic mass is 10.1. The van der Waals surface area contributed by atoms with E-state index in [4.69, 9.17) is 4.74 Å². The van der Waals surface area contributed by atoms with Crippen molar-refractivity contribution < 1.29 is 13.2 Å². The van der Waals surface area contributed by atoms with Gasteiger partial charge in [-0.2, -0.15) is 19.6 Å². The van der Waals surface area contributed by atoms with Crippen LogP contribution < -0.4 is 4.74 Å². The highest BCUT2D eigenvalue weighted by Gasteiger charge is 2.20. The molecule has 2 heterocycles. The molecule has 0 spiro atoms. The van der Waals surface area contributed by atoms with Crippen LogP contribution in [0.2, 0.25) is 0 Å². The van der Waals surface area contributed by atoms with Gasteiger partial charge in [0.1, 0.15) is 6.61 Å². The highest BCUT2D eigenvalue weighted by Crippen LogP contribution is 2.23. The molecule has 0 radical (unpaired) electrons. The van der Waals surface area contributed by atoms with Gasteiger partial charge >= 0.3 is 6.01 Å². The van der Waals surface area contributed by atoms with E-state index in [-0.39, 0.29) is 23.7 Å². The molecular formula is C16H18N4O3S. The lowest BCUT2D eigenvalue weighted by Crippen LogP contribution is -2.11. The quantitative estimate of drug-likeness (QED) is 0.704. The maximum Gasteiger partial charge on any atom is 0.322 e. The van der Waals surface area contributed by atoms with Gasteiger partial charge in [-0.3, -0.25) is 0 Å². The molecule has 3 aromatic rings. The lowest BCUT2D eigenvalue weighted by Gasteiger charge is -2.09. The number of fused-ring (bicyclic) bond motifs is 1. The van der Waals surface area contributed by atoms with Crippen molar-refractivity contribution >= 4 is 15.5 Å². The third kappa shape index (κ3) is 3.23. The van der Waals surface area contributed by atoms with Gasteiger partial charge in [-0.1, -0.05) is 44.2 Å². The Morgan fingerprint density at radius 3 is 2.50 bits per heavy atom. The zero-order chi connectivity index (χ0) is 17.3. The van der Waals surface area contributed by atoms with E-state index in [1.807, 2.05) is 44.2 Å². The summed E-state index contributed by atoms with van der Waals surface area (Å²) in [5.74, 6) is 0.145. The van der Waals surface area contributed by atoms with Crippen molar-refractivity contribution in [2.75, 3.05) is 6.26 Å². The number of hydrogen-bond acceptors (Lipinski definition) is 6. The van der Waals surface area contributed by atoms with E-state index in [0.717, 1.165) is 17.4 Å². The number of hydrogen-bond donors (Lipinski definition) is 0. The van der Waals surface area contributed by atoms with Crippen LogP contribution in [0.5, 0.6) is 6.01 Å². The van der Waals surface area contributed by atoms with Crippen molar-refractivity contribution in [3.8, 4) is 6.01 Å². The summed E-state index contributed by atoms with van der Waals surface area (Å²) in [6, 6.07) is 9.66. The Kier molecular flexibility index (Phi) is 4.23. The van der Waals surface area contributed by atoms with Crippen LogP contribution in [0.15, 0.2) is 41.7 Å². The Hall–Kier alpha value is -2.48. The zero-order valence-electron chi connectivity index (χ0n) is 13.7. The fraction of sp³-hybridized carbons (Fsp3) is 0.312. The molecule has 0 saturated heterocycles. The summed E-state index contributed by atoms with van der Waals surface area (Å²) in [5, 5.41) is 3.98. The summed E-state index contributed by atoms with van der Waals surface area (Å²) in [4.78, 5) is 8.20. The Bertz CT molecular complexity index is 966. The first-order valence-electron chi connectivity index (χ1n) is 7.48. The minimum Gasteiger partial charge on any atom is -0.458 e. The van der Waals surface area contributed by atoms with Crippen LogP contribution in [0.25, 0.3) is 5.65 Å². The van der Waals surface area contributed by atoms with E-state index >= 15 is 0 Å². The van der Waals surface area contributed by atoms with Crippen molar-refractivity contribution in [3.05, 3.63) is 47.7 Å². The second-order valence-electron chi connectivity index (χ2n) is 5.83. The molecule has 2 aromatic heterocycles. The molecule has 0 bridgehead atoms. The molecule has 126 valence electrons. The summed E-state index contributed by atoms with van der Waals surface area (Å²) in [5.41, 5.74) is 2.23. The van der Waals surface area contributed by atoms with Crippen molar-refractivity contribution in [2.24, 2.45) is 0 Å². The smallest absolute Gasteiger partial charge is 0.322 e. The van der Waals surface area contributed by atoms with Gasteiger partial charge in [0, 0.05) is 11.8 Å². The first-order chi connectivity index (χ1) is 11.4. The van der Waals surface area contributed by atoms with E-state index in [2.05, 4.69) is 15.1 Å². The molecule has 0 atom stereocenters. The largest absolute Gasteiger partial charge is 0.458 e. The third-order valence-electron chi connectivity index (χ3n) is 3.51. The second-order valence-corrected chi connectivity index (χ2v) is 7.73. The first-order valence-corrected chi connectivity index (χ1v) is 9.38. The molecule has 7 nitrogen and oxygen atoms in total. The van der Waals surface area contributed by atoms with Crippen molar-refractivity contribution in [1.82, 2.24) is 19.6 Å². The van der Waals surface area contributed by atoms with E-state index in [1.165, 1.54) is 4.52 Å². The molecule has 0 fully saturated rings.